The third kappa shape index (κ3) is 6.10. The van der Waals surface area contributed by atoms with E-state index in [0.717, 1.165) is 18.0 Å². The van der Waals surface area contributed by atoms with Crippen LogP contribution < -0.4 is 10.6 Å². The summed E-state index contributed by atoms with van der Waals surface area (Å²) in [6.45, 7) is 3.90. The second-order valence-electron chi connectivity index (χ2n) is 6.93. The number of carbonyl (C=O) groups excluding carboxylic acids is 1. The number of hydrogen-bond donors (Lipinski definition) is 3. The fraction of sp³-hybridized carbons (Fsp3) is 0.474. The fourth-order valence-electron chi connectivity index (χ4n) is 3.03. The van der Waals surface area contributed by atoms with Gasteiger partial charge in [-0.05, 0) is 41.9 Å². The Morgan fingerprint density at radius 3 is 2.79 bits per heavy atom. The molecule has 29 heavy (non-hydrogen) atoms. The fourth-order valence-corrected chi connectivity index (χ4v) is 4.63. The minimum atomic E-state index is -1.06. The van der Waals surface area contributed by atoms with Gasteiger partial charge >= 0.3 is 6.03 Å². The van der Waals surface area contributed by atoms with Crippen molar-refractivity contribution in [2.24, 2.45) is 0 Å². The van der Waals surface area contributed by atoms with Crippen molar-refractivity contribution in [3.8, 4) is 0 Å². The molecule has 10 heteroatoms. The first-order valence-electron chi connectivity index (χ1n) is 9.51. The molecule has 1 aromatic carbocycles. The highest BCUT2D eigenvalue weighted by Crippen LogP contribution is 2.25. The van der Waals surface area contributed by atoms with Crippen LogP contribution in [0.5, 0.6) is 0 Å². The topological polar surface area (TPSA) is 114 Å². The van der Waals surface area contributed by atoms with Crippen molar-refractivity contribution < 1.29 is 19.0 Å². The monoisotopic (exact) mass is 440 g/mol. The molecule has 2 aromatic rings. The predicted octanol–water partition coefficient (Wildman–Crippen LogP) is 2.25. The van der Waals surface area contributed by atoms with Crippen LogP contribution >= 0.6 is 11.6 Å². The summed E-state index contributed by atoms with van der Waals surface area (Å²) in [6, 6.07) is 7.92. The molecule has 8 nitrogen and oxygen atoms in total. The van der Waals surface area contributed by atoms with Crippen LogP contribution in [0.1, 0.15) is 19.1 Å². The first kappa shape index (κ1) is 21.9. The molecule has 1 fully saturated rings. The standard InChI is InChI=1S/C19H25ClN4O4S/c1-2-15-9-18(23-28-15)22-19(26)21-14(12-25)7-8-24-10-17(11-24)29(27)16-5-3-13(20)4-6-16/h3-6,9,14,17,25H,2,7-8,10-12H2,1H3,(H2,21,22,23,26)/t14?,29-/m1/s1. The number of aliphatic hydroxyl groups is 1. The lowest BCUT2D eigenvalue weighted by Crippen LogP contribution is -2.55. The van der Waals surface area contributed by atoms with E-state index >= 15 is 0 Å². The lowest BCUT2D eigenvalue weighted by atomic mass is 10.1. The molecule has 0 radical (unpaired) electrons. The van der Waals surface area contributed by atoms with E-state index in [0.29, 0.717) is 36.0 Å². The van der Waals surface area contributed by atoms with E-state index in [1.165, 1.54) is 0 Å². The smallest absolute Gasteiger partial charge is 0.320 e. The Morgan fingerprint density at radius 1 is 1.45 bits per heavy atom. The Bertz CT molecular complexity index is 798. The SMILES string of the molecule is CCc1cc(NC(=O)NC(CO)CCN2CC([S@+]([O-])c3ccc(Cl)cc3)C2)no1. The third-order valence-corrected chi connectivity index (χ3v) is 6.66. The zero-order chi connectivity index (χ0) is 20.8. The number of urea groups is 1. The lowest BCUT2D eigenvalue weighted by Gasteiger charge is -2.39. The minimum Gasteiger partial charge on any atom is -0.611 e. The number of nitrogens with zero attached hydrogens (tertiary/aromatic N) is 2. The summed E-state index contributed by atoms with van der Waals surface area (Å²) in [7, 11) is 0. The van der Waals surface area contributed by atoms with E-state index in [1.54, 1.807) is 30.3 Å². The van der Waals surface area contributed by atoms with Gasteiger partial charge in [0.2, 0.25) is 0 Å². The van der Waals surface area contributed by atoms with Gasteiger partial charge < -0.3 is 19.5 Å². The first-order valence-corrected chi connectivity index (χ1v) is 11.1. The molecule has 3 rings (SSSR count). The second-order valence-corrected chi connectivity index (χ2v) is 9.10. The Hall–Kier alpha value is -1.78. The normalized spacial score (nSPS) is 16.8. The van der Waals surface area contributed by atoms with Gasteiger partial charge in [0.15, 0.2) is 10.7 Å². The van der Waals surface area contributed by atoms with E-state index in [-0.39, 0.29) is 17.9 Å². The van der Waals surface area contributed by atoms with Gasteiger partial charge in [-0.15, -0.1) is 0 Å². The lowest BCUT2D eigenvalue weighted by molar-refractivity contribution is 0.160. The summed E-state index contributed by atoms with van der Waals surface area (Å²) < 4.78 is 17.6. The zero-order valence-corrected chi connectivity index (χ0v) is 17.7. The van der Waals surface area contributed by atoms with Crippen LogP contribution in [-0.4, -0.2) is 63.3 Å². The quantitative estimate of drug-likeness (QED) is 0.515. The van der Waals surface area contributed by atoms with Crippen LogP contribution in [0.15, 0.2) is 39.8 Å². The molecule has 0 spiro atoms. The number of nitrogens with one attached hydrogen (secondary N) is 2. The molecule has 0 aliphatic carbocycles. The molecule has 1 aliphatic rings. The maximum absolute atomic E-state index is 12.5. The van der Waals surface area contributed by atoms with Gasteiger partial charge in [-0.1, -0.05) is 23.7 Å². The molecule has 158 valence electrons. The summed E-state index contributed by atoms with van der Waals surface area (Å²) in [5.74, 6) is 1.02. The largest absolute Gasteiger partial charge is 0.611 e. The summed E-state index contributed by atoms with van der Waals surface area (Å²) >= 11 is 4.81. The molecule has 3 N–H and O–H groups in total. The van der Waals surface area contributed by atoms with Gasteiger partial charge in [-0.2, -0.15) is 0 Å². The summed E-state index contributed by atoms with van der Waals surface area (Å²) in [5.41, 5.74) is 0. The van der Waals surface area contributed by atoms with Crippen LogP contribution in [0.2, 0.25) is 5.02 Å². The summed E-state index contributed by atoms with van der Waals surface area (Å²) in [5, 5.41) is 19.3. The van der Waals surface area contributed by atoms with Gasteiger partial charge in [0.25, 0.3) is 0 Å². The van der Waals surface area contributed by atoms with E-state index in [2.05, 4.69) is 20.7 Å². The highest BCUT2D eigenvalue weighted by atomic mass is 35.5. The van der Waals surface area contributed by atoms with Crippen molar-refractivity contribution in [1.82, 2.24) is 15.4 Å². The number of benzene rings is 1. The van der Waals surface area contributed by atoms with E-state index in [4.69, 9.17) is 16.1 Å². The van der Waals surface area contributed by atoms with Crippen LogP contribution in [-0.2, 0) is 17.6 Å². The number of hydrogen-bond acceptors (Lipinski definition) is 6. The molecule has 1 unspecified atom stereocenters. The van der Waals surface area contributed by atoms with E-state index in [1.807, 2.05) is 6.92 Å². The number of anilines is 1. The number of aliphatic hydroxyl groups excluding tert-OH is 1. The average Bonchev–Trinajstić information content (AvgIpc) is 3.13. The molecule has 1 saturated heterocycles. The molecular weight excluding hydrogens is 416 g/mol. The first-order chi connectivity index (χ1) is 14.0. The Labute approximate surface area is 177 Å². The number of amides is 2. The number of rotatable bonds is 9. The Morgan fingerprint density at radius 2 is 2.17 bits per heavy atom. The van der Waals surface area contributed by atoms with Crippen LogP contribution in [0.4, 0.5) is 10.6 Å². The van der Waals surface area contributed by atoms with Crippen LogP contribution in [0.25, 0.3) is 0 Å². The molecule has 2 amide bonds. The van der Waals surface area contributed by atoms with Gasteiger partial charge in [-0.3, -0.25) is 10.2 Å². The summed E-state index contributed by atoms with van der Waals surface area (Å²) in [6.07, 6.45) is 1.28. The van der Waals surface area contributed by atoms with Gasteiger partial charge in [-0.25, -0.2) is 4.79 Å². The molecule has 2 heterocycles. The number of carbonyl (C=O) groups is 1. The van der Waals surface area contributed by atoms with Gasteiger partial charge in [0.05, 0.1) is 12.6 Å². The molecular formula is C19H25ClN4O4S. The van der Waals surface area contributed by atoms with Crippen molar-refractivity contribution in [3.63, 3.8) is 0 Å². The number of aromatic nitrogens is 1. The minimum absolute atomic E-state index is 0.0833. The van der Waals surface area contributed by atoms with Crippen molar-refractivity contribution >= 4 is 34.6 Å². The van der Waals surface area contributed by atoms with Crippen molar-refractivity contribution in [2.75, 3.05) is 31.6 Å². The predicted molar refractivity (Wildman–Crippen MR) is 112 cm³/mol. The maximum Gasteiger partial charge on any atom is 0.320 e. The Balaban J connectivity index is 1.37. The van der Waals surface area contributed by atoms with Gasteiger partial charge in [0, 0.05) is 37.1 Å². The molecule has 0 saturated carbocycles. The summed E-state index contributed by atoms with van der Waals surface area (Å²) in [4.78, 5) is 15.0. The highest BCUT2D eigenvalue weighted by Gasteiger charge is 2.37. The number of likely N-dealkylation sites (tertiary alicyclic amines) is 1. The second kappa shape index (κ2) is 10.3. The zero-order valence-electron chi connectivity index (χ0n) is 16.1. The van der Waals surface area contributed by atoms with Crippen LogP contribution in [0.3, 0.4) is 0 Å². The Kier molecular flexibility index (Phi) is 7.79. The number of aryl methyl sites for hydroxylation is 1. The van der Waals surface area contributed by atoms with Crippen molar-refractivity contribution in [1.29, 1.82) is 0 Å². The number of halogens is 1. The average molecular weight is 441 g/mol. The van der Waals surface area contributed by atoms with Crippen LogP contribution in [0, 0.1) is 0 Å². The molecule has 1 aliphatic heterocycles. The van der Waals surface area contributed by atoms with E-state index in [9.17, 15) is 14.5 Å². The maximum atomic E-state index is 12.5. The highest BCUT2D eigenvalue weighted by molar-refractivity contribution is 7.92. The van der Waals surface area contributed by atoms with Crippen molar-refractivity contribution in [2.45, 2.75) is 36.0 Å². The van der Waals surface area contributed by atoms with Gasteiger partial charge in [0.1, 0.15) is 11.0 Å². The molecule has 2 atom stereocenters. The molecule has 0 bridgehead atoms. The third-order valence-electron chi connectivity index (χ3n) is 4.77. The molecule has 1 aromatic heterocycles. The van der Waals surface area contributed by atoms with E-state index < -0.39 is 17.2 Å². The van der Waals surface area contributed by atoms with Crippen molar-refractivity contribution in [3.05, 3.63) is 41.1 Å².